The van der Waals surface area contributed by atoms with Gasteiger partial charge in [-0.15, -0.1) is 0 Å². The highest BCUT2D eigenvalue weighted by atomic mass is 16.5. The molecule has 0 bridgehead atoms. The normalized spacial score (nSPS) is 19.4. The highest BCUT2D eigenvalue weighted by Gasteiger charge is 2.43. The van der Waals surface area contributed by atoms with Crippen LogP contribution in [0.3, 0.4) is 0 Å². The number of carbonyl (C=O) groups excluding carboxylic acids is 2. The van der Waals surface area contributed by atoms with Crippen LogP contribution >= 0.6 is 0 Å². The number of nitrogens with zero attached hydrogens (tertiary/aromatic N) is 2. The largest absolute Gasteiger partial charge is 0.494 e. The number of anilines is 1. The summed E-state index contributed by atoms with van der Waals surface area (Å²) in [6.45, 7) is 5.77. The van der Waals surface area contributed by atoms with Crippen LogP contribution in [0.2, 0.25) is 0 Å². The maximum absolute atomic E-state index is 13.6. The number of ether oxygens (including phenoxy) is 1. The third kappa shape index (κ3) is 4.08. The zero-order valence-electron chi connectivity index (χ0n) is 18.0. The number of aliphatic hydroxyl groups is 1. The van der Waals surface area contributed by atoms with Gasteiger partial charge in [-0.25, -0.2) is 4.90 Å². The second-order valence-corrected chi connectivity index (χ2v) is 8.10. The summed E-state index contributed by atoms with van der Waals surface area (Å²) < 4.78 is 5.53. The van der Waals surface area contributed by atoms with Gasteiger partial charge in [0.15, 0.2) is 0 Å². The Balaban J connectivity index is 1.77. The Morgan fingerprint density at radius 3 is 2.39 bits per heavy atom. The van der Waals surface area contributed by atoms with Gasteiger partial charge in [0.2, 0.25) is 0 Å². The smallest absolute Gasteiger partial charge is 0.282 e. The van der Waals surface area contributed by atoms with E-state index in [2.05, 4.69) is 0 Å². The average molecular weight is 421 g/mol. The van der Waals surface area contributed by atoms with Gasteiger partial charge < -0.3 is 14.7 Å². The van der Waals surface area contributed by atoms with Gasteiger partial charge in [-0.1, -0.05) is 29.8 Å². The number of imide groups is 1. The molecule has 1 fully saturated rings. The number of benzene rings is 2. The molecule has 0 spiro atoms. The molecule has 31 heavy (non-hydrogen) atoms. The number of amides is 2. The van der Waals surface area contributed by atoms with Crippen molar-refractivity contribution in [2.24, 2.45) is 5.92 Å². The first-order valence-electron chi connectivity index (χ1n) is 10.8. The third-order valence-electron chi connectivity index (χ3n) is 5.90. The average Bonchev–Trinajstić information content (AvgIpc) is 3.05. The van der Waals surface area contributed by atoms with Crippen LogP contribution in [0.25, 0.3) is 5.57 Å². The van der Waals surface area contributed by atoms with Crippen molar-refractivity contribution in [2.45, 2.75) is 26.7 Å². The molecule has 0 aliphatic carbocycles. The molecule has 1 unspecified atom stereocenters. The summed E-state index contributed by atoms with van der Waals surface area (Å²) in [6.07, 6.45) is 1.79. The predicted molar refractivity (Wildman–Crippen MR) is 120 cm³/mol. The highest BCUT2D eigenvalue weighted by molar-refractivity contribution is 6.45. The Hall–Kier alpha value is -3.12. The number of likely N-dealkylation sites (tertiary alicyclic amines) is 1. The summed E-state index contributed by atoms with van der Waals surface area (Å²) in [7, 11) is 0. The van der Waals surface area contributed by atoms with E-state index < -0.39 is 0 Å². The van der Waals surface area contributed by atoms with Crippen molar-refractivity contribution in [1.29, 1.82) is 0 Å². The SMILES string of the molecule is CCOc1ccc(C2=C(N3CCCC(CO)C3)C(=O)N(c3ccc(C)cc3)C2=O)cc1. The lowest BCUT2D eigenvalue weighted by Gasteiger charge is -2.34. The van der Waals surface area contributed by atoms with Gasteiger partial charge >= 0.3 is 0 Å². The molecular weight excluding hydrogens is 392 g/mol. The van der Waals surface area contributed by atoms with Gasteiger partial charge in [0, 0.05) is 19.7 Å². The first-order valence-corrected chi connectivity index (χ1v) is 10.8. The molecular formula is C25H28N2O4. The quantitative estimate of drug-likeness (QED) is 0.726. The molecule has 2 amide bonds. The first-order chi connectivity index (χ1) is 15.0. The number of hydrogen-bond acceptors (Lipinski definition) is 5. The molecule has 0 radical (unpaired) electrons. The van der Waals surface area contributed by atoms with Crippen molar-refractivity contribution in [3.05, 3.63) is 65.4 Å². The van der Waals surface area contributed by atoms with E-state index in [0.717, 1.165) is 24.2 Å². The topological polar surface area (TPSA) is 70.1 Å². The lowest BCUT2D eigenvalue weighted by atomic mass is 9.97. The summed E-state index contributed by atoms with van der Waals surface area (Å²) in [6, 6.07) is 14.7. The molecule has 2 heterocycles. The zero-order valence-corrected chi connectivity index (χ0v) is 18.0. The number of piperidine rings is 1. The van der Waals surface area contributed by atoms with E-state index in [4.69, 9.17) is 4.74 Å². The minimum absolute atomic E-state index is 0.0754. The predicted octanol–water partition coefficient (Wildman–Crippen LogP) is 3.38. The molecule has 6 heteroatoms. The number of aryl methyl sites for hydroxylation is 1. The monoisotopic (exact) mass is 420 g/mol. The molecule has 2 aliphatic rings. The molecule has 2 aromatic rings. The van der Waals surface area contributed by atoms with E-state index >= 15 is 0 Å². The van der Waals surface area contributed by atoms with E-state index in [-0.39, 0.29) is 24.3 Å². The Kier molecular flexibility index (Phi) is 6.09. The third-order valence-corrected chi connectivity index (χ3v) is 5.90. The maximum atomic E-state index is 13.6. The molecule has 2 aliphatic heterocycles. The summed E-state index contributed by atoms with van der Waals surface area (Å²) in [5, 5.41) is 9.67. The van der Waals surface area contributed by atoms with Crippen molar-refractivity contribution in [3.63, 3.8) is 0 Å². The van der Waals surface area contributed by atoms with Crippen LogP contribution in [0.1, 0.15) is 30.9 Å². The summed E-state index contributed by atoms with van der Waals surface area (Å²) in [5.41, 5.74) is 3.15. The van der Waals surface area contributed by atoms with Gasteiger partial charge in [-0.3, -0.25) is 9.59 Å². The van der Waals surface area contributed by atoms with E-state index in [9.17, 15) is 14.7 Å². The van der Waals surface area contributed by atoms with Gasteiger partial charge in [0.05, 0.1) is 17.9 Å². The number of hydrogen-bond donors (Lipinski definition) is 1. The van der Waals surface area contributed by atoms with Crippen molar-refractivity contribution in [3.8, 4) is 5.75 Å². The van der Waals surface area contributed by atoms with Crippen LogP contribution in [0.4, 0.5) is 5.69 Å². The second-order valence-electron chi connectivity index (χ2n) is 8.10. The fourth-order valence-electron chi connectivity index (χ4n) is 4.30. The Morgan fingerprint density at radius 2 is 1.74 bits per heavy atom. The molecule has 0 aromatic heterocycles. The first kappa shape index (κ1) is 21.1. The molecule has 4 rings (SSSR count). The van der Waals surface area contributed by atoms with Crippen LogP contribution in [0.5, 0.6) is 5.75 Å². The highest BCUT2D eigenvalue weighted by Crippen LogP contribution is 2.37. The summed E-state index contributed by atoms with van der Waals surface area (Å²) >= 11 is 0. The molecule has 1 N–H and O–H groups in total. The van der Waals surface area contributed by atoms with Crippen LogP contribution in [0, 0.1) is 12.8 Å². The minimum atomic E-state index is -0.320. The van der Waals surface area contributed by atoms with Crippen molar-refractivity contribution in [1.82, 2.24) is 4.90 Å². The Bertz CT molecular complexity index is 995. The molecule has 2 aromatic carbocycles. The maximum Gasteiger partial charge on any atom is 0.282 e. The summed E-state index contributed by atoms with van der Waals surface area (Å²) in [5.74, 6) is 0.188. The number of aliphatic hydroxyl groups excluding tert-OH is 1. The lowest BCUT2D eigenvalue weighted by Crippen LogP contribution is -2.40. The molecule has 162 valence electrons. The second kappa shape index (κ2) is 8.94. The van der Waals surface area contributed by atoms with E-state index in [0.29, 0.717) is 42.2 Å². The number of rotatable bonds is 6. The van der Waals surface area contributed by atoms with Crippen molar-refractivity contribution in [2.75, 3.05) is 31.2 Å². The van der Waals surface area contributed by atoms with Gasteiger partial charge in [0.25, 0.3) is 11.8 Å². The standard InChI is InChI=1S/C25H28N2O4/c1-3-31-21-12-8-19(9-13-21)22-23(26-14-4-5-18(15-26)16-28)25(30)27(24(22)29)20-10-6-17(2)7-11-20/h6-13,18,28H,3-5,14-16H2,1-2H3. The van der Waals surface area contributed by atoms with Crippen molar-refractivity contribution < 1.29 is 19.4 Å². The number of carbonyl (C=O) groups is 2. The molecule has 1 atom stereocenters. The van der Waals surface area contributed by atoms with Crippen LogP contribution < -0.4 is 9.64 Å². The van der Waals surface area contributed by atoms with E-state index in [1.54, 1.807) is 12.1 Å². The van der Waals surface area contributed by atoms with Crippen LogP contribution in [0.15, 0.2) is 54.2 Å². The minimum Gasteiger partial charge on any atom is -0.494 e. The van der Waals surface area contributed by atoms with Gasteiger partial charge in [-0.2, -0.15) is 0 Å². The fourth-order valence-corrected chi connectivity index (χ4v) is 4.30. The van der Waals surface area contributed by atoms with Crippen LogP contribution in [-0.4, -0.2) is 48.1 Å². The summed E-state index contributed by atoms with van der Waals surface area (Å²) in [4.78, 5) is 30.4. The zero-order chi connectivity index (χ0) is 22.0. The molecule has 0 saturated carbocycles. The molecule has 1 saturated heterocycles. The van der Waals surface area contributed by atoms with E-state index in [1.807, 2.05) is 55.1 Å². The Morgan fingerprint density at radius 1 is 1.03 bits per heavy atom. The lowest BCUT2D eigenvalue weighted by molar-refractivity contribution is -0.120. The molecule has 6 nitrogen and oxygen atoms in total. The van der Waals surface area contributed by atoms with Crippen LogP contribution in [-0.2, 0) is 9.59 Å². The van der Waals surface area contributed by atoms with Crippen molar-refractivity contribution >= 4 is 23.1 Å². The van der Waals surface area contributed by atoms with Gasteiger partial charge in [0.1, 0.15) is 11.4 Å². The van der Waals surface area contributed by atoms with Gasteiger partial charge in [-0.05, 0) is 62.4 Å². The fraction of sp³-hybridized carbons (Fsp3) is 0.360. The van der Waals surface area contributed by atoms with E-state index in [1.165, 1.54) is 4.90 Å². The Labute approximate surface area is 182 Å².